The van der Waals surface area contributed by atoms with Gasteiger partial charge >= 0.3 is 0 Å². The summed E-state index contributed by atoms with van der Waals surface area (Å²) in [4.78, 5) is 12.1. The van der Waals surface area contributed by atoms with E-state index in [0.717, 1.165) is 5.56 Å². The fraction of sp³-hybridized carbons (Fsp3) is 0.0714. The quantitative estimate of drug-likeness (QED) is 0.834. The molecule has 0 aliphatic heterocycles. The van der Waals surface area contributed by atoms with Gasteiger partial charge in [0.25, 0.3) is 5.91 Å². The number of hydrogen-bond donors (Lipinski definition) is 1. The van der Waals surface area contributed by atoms with Gasteiger partial charge in [-0.15, -0.1) is 0 Å². The maximum Gasteiger partial charge on any atom is 0.256 e. The van der Waals surface area contributed by atoms with Crippen LogP contribution in [0.5, 0.6) is 0 Å². The first kappa shape index (κ1) is 14.0. The van der Waals surface area contributed by atoms with Crippen LogP contribution in [0.1, 0.15) is 15.9 Å². The summed E-state index contributed by atoms with van der Waals surface area (Å²) in [5.74, 6) is -0.883. The number of carbonyl (C=O) groups excluding carboxylic acids is 1. The Bertz CT molecular complexity index is 625. The Morgan fingerprint density at radius 3 is 2.74 bits per heavy atom. The highest BCUT2D eigenvalue weighted by atomic mass is 79.9. The molecule has 0 bridgehead atoms. The fourth-order valence-electron chi connectivity index (χ4n) is 1.64. The molecular formula is C14H10BrClFNO. The van der Waals surface area contributed by atoms with Gasteiger partial charge in [-0.1, -0.05) is 23.7 Å². The number of aryl methyl sites for hydroxylation is 1. The van der Waals surface area contributed by atoms with Gasteiger partial charge in [-0.2, -0.15) is 0 Å². The Kier molecular flexibility index (Phi) is 4.22. The molecule has 0 unspecified atom stereocenters. The highest BCUT2D eigenvalue weighted by molar-refractivity contribution is 9.10. The molecule has 2 rings (SSSR count). The minimum absolute atomic E-state index is 0.222. The van der Waals surface area contributed by atoms with Gasteiger partial charge < -0.3 is 5.32 Å². The van der Waals surface area contributed by atoms with E-state index in [1.165, 1.54) is 18.2 Å². The van der Waals surface area contributed by atoms with Gasteiger partial charge in [0, 0.05) is 4.47 Å². The summed E-state index contributed by atoms with van der Waals surface area (Å²) in [5, 5.41) is 3.14. The number of nitrogens with one attached hydrogen (secondary N) is 1. The van der Waals surface area contributed by atoms with E-state index in [-0.39, 0.29) is 5.56 Å². The van der Waals surface area contributed by atoms with Crippen molar-refractivity contribution in [2.24, 2.45) is 0 Å². The second-order valence-electron chi connectivity index (χ2n) is 4.01. The lowest BCUT2D eigenvalue weighted by Gasteiger charge is -2.11. The highest BCUT2D eigenvalue weighted by Crippen LogP contribution is 2.27. The average Bonchev–Trinajstić information content (AvgIpc) is 2.37. The van der Waals surface area contributed by atoms with Crippen molar-refractivity contribution in [3.05, 3.63) is 62.8 Å². The summed E-state index contributed by atoms with van der Waals surface area (Å²) in [6, 6.07) is 9.26. The van der Waals surface area contributed by atoms with E-state index in [2.05, 4.69) is 21.2 Å². The standard InChI is InChI=1S/C14H10BrClFNO/c1-8-3-2-4-12(16)13(8)18-14(19)10-7-9(17)5-6-11(10)15/h2-7H,1H3,(H,18,19). The van der Waals surface area contributed by atoms with Crippen LogP contribution in [0.15, 0.2) is 40.9 Å². The molecule has 0 heterocycles. The van der Waals surface area contributed by atoms with Crippen molar-refractivity contribution in [3.8, 4) is 0 Å². The van der Waals surface area contributed by atoms with Gasteiger partial charge in [0.15, 0.2) is 0 Å². The number of carbonyl (C=O) groups is 1. The number of benzene rings is 2. The molecule has 5 heteroatoms. The lowest BCUT2D eigenvalue weighted by atomic mass is 10.1. The van der Waals surface area contributed by atoms with Crippen LogP contribution in [0.2, 0.25) is 5.02 Å². The molecular weight excluding hydrogens is 333 g/mol. The van der Waals surface area contributed by atoms with Gasteiger partial charge in [-0.25, -0.2) is 4.39 Å². The van der Waals surface area contributed by atoms with Crippen LogP contribution < -0.4 is 5.32 Å². The van der Waals surface area contributed by atoms with Crippen LogP contribution in [0, 0.1) is 12.7 Å². The molecule has 1 N–H and O–H groups in total. The number of anilines is 1. The zero-order valence-electron chi connectivity index (χ0n) is 10.0. The molecule has 0 aromatic heterocycles. The number of hydrogen-bond acceptors (Lipinski definition) is 1. The van der Waals surface area contributed by atoms with Crippen LogP contribution in [0.3, 0.4) is 0 Å². The van der Waals surface area contributed by atoms with Crippen LogP contribution in [-0.2, 0) is 0 Å². The second kappa shape index (κ2) is 5.72. The Morgan fingerprint density at radius 1 is 1.32 bits per heavy atom. The third kappa shape index (κ3) is 3.14. The monoisotopic (exact) mass is 341 g/mol. The summed E-state index contributed by atoms with van der Waals surface area (Å²) >= 11 is 9.25. The molecule has 19 heavy (non-hydrogen) atoms. The van der Waals surface area contributed by atoms with E-state index in [4.69, 9.17) is 11.6 Å². The summed E-state index contributed by atoms with van der Waals surface area (Å²) in [7, 11) is 0. The third-order valence-corrected chi connectivity index (χ3v) is 3.64. The first-order chi connectivity index (χ1) is 8.99. The van der Waals surface area contributed by atoms with Crippen LogP contribution >= 0.6 is 27.5 Å². The summed E-state index contributed by atoms with van der Waals surface area (Å²) in [5.41, 5.74) is 1.60. The van der Waals surface area contributed by atoms with Crippen molar-refractivity contribution >= 4 is 39.1 Å². The van der Waals surface area contributed by atoms with Crippen molar-refractivity contribution in [1.29, 1.82) is 0 Å². The maximum absolute atomic E-state index is 13.2. The van der Waals surface area contributed by atoms with Crippen LogP contribution in [0.4, 0.5) is 10.1 Å². The summed E-state index contributed by atoms with van der Waals surface area (Å²) in [6.45, 7) is 1.84. The lowest BCUT2D eigenvalue weighted by Crippen LogP contribution is -2.14. The summed E-state index contributed by atoms with van der Waals surface area (Å²) < 4.78 is 13.7. The van der Waals surface area contributed by atoms with Crippen molar-refractivity contribution in [1.82, 2.24) is 0 Å². The second-order valence-corrected chi connectivity index (χ2v) is 5.27. The smallest absolute Gasteiger partial charge is 0.256 e. The number of rotatable bonds is 2. The minimum atomic E-state index is -0.468. The van der Waals surface area contributed by atoms with Gasteiger partial charge in [0.05, 0.1) is 16.3 Å². The molecule has 0 radical (unpaired) electrons. The van der Waals surface area contributed by atoms with Crippen molar-refractivity contribution in [2.45, 2.75) is 6.92 Å². The van der Waals surface area contributed by atoms with E-state index in [9.17, 15) is 9.18 Å². The Balaban J connectivity index is 2.34. The van der Waals surface area contributed by atoms with Gasteiger partial charge in [0.1, 0.15) is 5.82 Å². The Hall–Kier alpha value is -1.39. The van der Waals surface area contributed by atoms with Gasteiger partial charge in [-0.05, 0) is 52.7 Å². The largest absolute Gasteiger partial charge is 0.320 e. The summed E-state index contributed by atoms with van der Waals surface area (Å²) in [6.07, 6.45) is 0. The normalized spacial score (nSPS) is 10.3. The van der Waals surface area contributed by atoms with E-state index >= 15 is 0 Å². The van der Waals surface area contributed by atoms with Gasteiger partial charge in [-0.3, -0.25) is 4.79 Å². The molecule has 2 aromatic rings. The zero-order chi connectivity index (χ0) is 14.0. The maximum atomic E-state index is 13.2. The SMILES string of the molecule is Cc1cccc(Cl)c1NC(=O)c1cc(F)ccc1Br. The average molecular weight is 343 g/mol. The van der Waals surface area contributed by atoms with Crippen LogP contribution in [0.25, 0.3) is 0 Å². The molecule has 0 saturated carbocycles. The zero-order valence-corrected chi connectivity index (χ0v) is 12.3. The minimum Gasteiger partial charge on any atom is -0.320 e. The fourth-order valence-corrected chi connectivity index (χ4v) is 2.34. The molecule has 0 spiro atoms. The molecule has 2 aromatic carbocycles. The first-order valence-corrected chi connectivity index (χ1v) is 6.67. The number of halogens is 3. The molecule has 0 aliphatic carbocycles. The van der Waals surface area contributed by atoms with Gasteiger partial charge in [0.2, 0.25) is 0 Å². The predicted octanol–water partition coefficient (Wildman–Crippen LogP) is 4.80. The molecule has 1 amide bonds. The molecule has 98 valence electrons. The van der Waals surface area contributed by atoms with Crippen molar-refractivity contribution in [2.75, 3.05) is 5.32 Å². The van der Waals surface area contributed by atoms with E-state index in [1.807, 2.05) is 13.0 Å². The van der Waals surface area contributed by atoms with Crippen molar-refractivity contribution in [3.63, 3.8) is 0 Å². The van der Waals surface area contributed by atoms with Crippen molar-refractivity contribution < 1.29 is 9.18 Å². The Labute approximate surface area is 123 Å². The Morgan fingerprint density at radius 2 is 2.05 bits per heavy atom. The predicted molar refractivity (Wildman–Crippen MR) is 78.2 cm³/mol. The molecule has 0 aliphatic rings. The first-order valence-electron chi connectivity index (χ1n) is 5.50. The third-order valence-electron chi connectivity index (χ3n) is 2.63. The molecule has 0 saturated heterocycles. The molecule has 0 fully saturated rings. The van der Waals surface area contributed by atoms with E-state index in [0.29, 0.717) is 15.2 Å². The van der Waals surface area contributed by atoms with E-state index < -0.39 is 11.7 Å². The number of amides is 1. The topological polar surface area (TPSA) is 29.1 Å². The number of para-hydroxylation sites is 1. The lowest BCUT2D eigenvalue weighted by molar-refractivity contribution is 0.102. The molecule has 0 atom stereocenters. The van der Waals surface area contributed by atoms with Crippen LogP contribution in [-0.4, -0.2) is 5.91 Å². The van der Waals surface area contributed by atoms with E-state index in [1.54, 1.807) is 12.1 Å². The highest BCUT2D eigenvalue weighted by Gasteiger charge is 2.14. The molecule has 2 nitrogen and oxygen atoms in total.